The zero-order valence-electron chi connectivity index (χ0n) is 10.3. The zero-order chi connectivity index (χ0) is 12.5. The van der Waals surface area contributed by atoms with Gasteiger partial charge >= 0.3 is 0 Å². The van der Waals surface area contributed by atoms with Gasteiger partial charge in [0.25, 0.3) is 0 Å². The molecule has 2 unspecified atom stereocenters. The highest BCUT2D eigenvalue weighted by Crippen LogP contribution is 2.39. The number of hydrogen-bond acceptors (Lipinski definition) is 4. The number of anilines is 1. The standard InChI is InChI=1S/C14H17N3O/c15-8-10-6-7-11(9-4-5-9)16-14(10)17-12-2-1-3-13(12)18/h6-7,9,12-13,18H,1-5H2,(H,16,17). The van der Waals surface area contributed by atoms with Crippen LogP contribution in [0.25, 0.3) is 0 Å². The molecule has 2 fully saturated rings. The molecule has 1 aromatic heterocycles. The molecule has 0 aliphatic heterocycles. The van der Waals surface area contributed by atoms with E-state index >= 15 is 0 Å². The fraction of sp³-hybridized carbons (Fsp3) is 0.571. The van der Waals surface area contributed by atoms with E-state index in [2.05, 4.69) is 16.4 Å². The van der Waals surface area contributed by atoms with Gasteiger partial charge < -0.3 is 10.4 Å². The van der Waals surface area contributed by atoms with Crippen LogP contribution in [0, 0.1) is 11.3 Å². The molecule has 0 spiro atoms. The molecule has 1 aromatic rings. The lowest BCUT2D eigenvalue weighted by Gasteiger charge is -2.18. The minimum atomic E-state index is -0.317. The van der Waals surface area contributed by atoms with Crippen molar-refractivity contribution in [1.82, 2.24) is 4.98 Å². The Morgan fingerprint density at radius 2 is 2.11 bits per heavy atom. The third-order valence-corrected chi connectivity index (χ3v) is 3.83. The molecule has 2 aliphatic rings. The topological polar surface area (TPSA) is 68.9 Å². The quantitative estimate of drug-likeness (QED) is 0.853. The highest BCUT2D eigenvalue weighted by molar-refractivity contribution is 5.53. The Labute approximate surface area is 107 Å². The summed E-state index contributed by atoms with van der Waals surface area (Å²) in [6, 6.07) is 5.99. The molecular weight excluding hydrogens is 226 g/mol. The first-order valence-corrected chi connectivity index (χ1v) is 6.63. The van der Waals surface area contributed by atoms with Gasteiger partial charge in [0.15, 0.2) is 0 Å². The molecule has 3 rings (SSSR count). The Morgan fingerprint density at radius 1 is 1.28 bits per heavy atom. The molecule has 0 saturated heterocycles. The van der Waals surface area contributed by atoms with Crippen LogP contribution in [0.3, 0.4) is 0 Å². The number of aliphatic hydroxyl groups excluding tert-OH is 1. The summed E-state index contributed by atoms with van der Waals surface area (Å²) in [6.07, 6.45) is 4.89. The van der Waals surface area contributed by atoms with Crippen molar-refractivity contribution in [3.63, 3.8) is 0 Å². The number of nitrogens with zero attached hydrogens (tertiary/aromatic N) is 2. The molecule has 2 saturated carbocycles. The van der Waals surface area contributed by atoms with Crippen LogP contribution in [0.5, 0.6) is 0 Å². The molecule has 94 valence electrons. The number of nitriles is 1. The average molecular weight is 243 g/mol. The number of aromatic nitrogens is 1. The van der Waals surface area contributed by atoms with Crippen LogP contribution >= 0.6 is 0 Å². The molecule has 0 bridgehead atoms. The Balaban J connectivity index is 1.84. The largest absolute Gasteiger partial charge is 0.391 e. The van der Waals surface area contributed by atoms with Crippen molar-refractivity contribution in [3.8, 4) is 6.07 Å². The lowest BCUT2D eigenvalue weighted by Crippen LogP contribution is -2.28. The second-order valence-electron chi connectivity index (χ2n) is 5.27. The highest BCUT2D eigenvalue weighted by atomic mass is 16.3. The van der Waals surface area contributed by atoms with E-state index < -0.39 is 0 Å². The fourth-order valence-electron chi connectivity index (χ4n) is 2.57. The summed E-state index contributed by atoms with van der Waals surface area (Å²) in [6.45, 7) is 0. The van der Waals surface area contributed by atoms with Gasteiger partial charge in [-0.2, -0.15) is 5.26 Å². The van der Waals surface area contributed by atoms with Gasteiger partial charge in [0.1, 0.15) is 11.9 Å². The average Bonchev–Trinajstić information content (AvgIpc) is 3.15. The summed E-state index contributed by atoms with van der Waals surface area (Å²) < 4.78 is 0. The van der Waals surface area contributed by atoms with E-state index in [1.165, 1.54) is 12.8 Å². The number of hydrogen-bond donors (Lipinski definition) is 2. The smallest absolute Gasteiger partial charge is 0.144 e. The van der Waals surface area contributed by atoms with Crippen LogP contribution < -0.4 is 5.32 Å². The van der Waals surface area contributed by atoms with Gasteiger partial charge in [0.2, 0.25) is 0 Å². The van der Waals surface area contributed by atoms with Crippen LogP contribution in [-0.4, -0.2) is 22.2 Å². The number of rotatable bonds is 3. The van der Waals surface area contributed by atoms with Gasteiger partial charge in [-0.05, 0) is 44.2 Å². The normalized spacial score (nSPS) is 26.9. The van der Waals surface area contributed by atoms with Crippen molar-refractivity contribution in [3.05, 3.63) is 23.4 Å². The van der Waals surface area contributed by atoms with Gasteiger partial charge in [-0.15, -0.1) is 0 Å². The zero-order valence-corrected chi connectivity index (χ0v) is 10.3. The Hall–Kier alpha value is -1.60. The summed E-state index contributed by atoms with van der Waals surface area (Å²) in [4.78, 5) is 4.56. The first kappa shape index (κ1) is 11.5. The van der Waals surface area contributed by atoms with Crippen molar-refractivity contribution in [2.45, 2.75) is 50.2 Å². The second kappa shape index (κ2) is 4.58. The molecule has 4 nitrogen and oxygen atoms in total. The van der Waals surface area contributed by atoms with E-state index in [0.29, 0.717) is 17.3 Å². The predicted molar refractivity (Wildman–Crippen MR) is 68.2 cm³/mol. The van der Waals surface area contributed by atoms with E-state index in [9.17, 15) is 5.11 Å². The molecule has 2 N–H and O–H groups in total. The summed E-state index contributed by atoms with van der Waals surface area (Å²) >= 11 is 0. The molecule has 1 heterocycles. The third kappa shape index (κ3) is 2.19. The predicted octanol–water partition coefficient (Wildman–Crippen LogP) is 2.16. The fourth-order valence-corrected chi connectivity index (χ4v) is 2.57. The van der Waals surface area contributed by atoms with Crippen LogP contribution in [-0.2, 0) is 0 Å². The van der Waals surface area contributed by atoms with Gasteiger partial charge in [-0.3, -0.25) is 0 Å². The van der Waals surface area contributed by atoms with Crippen LogP contribution in [0.4, 0.5) is 5.82 Å². The van der Waals surface area contributed by atoms with Crippen molar-refractivity contribution in [1.29, 1.82) is 5.26 Å². The van der Waals surface area contributed by atoms with Crippen LogP contribution in [0.15, 0.2) is 12.1 Å². The first-order valence-electron chi connectivity index (χ1n) is 6.63. The molecular formula is C14H17N3O. The Kier molecular flexibility index (Phi) is 2.92. The molecule has 0 aromatic carbocycles. The molecule has 0 radical (unpaired) electrons. The van der Waals surface area contributed by atoms with E-state index in [4.69, 9.17) is 5.26 Å². The summed E-state index contributed by atoms with van der Waals surface area (Å²) in [5.74, 6) is 1.22. The lowest BCUT2D eigenvalue weighted by atomic mass is 10.1. The van der Waals surface area contributed by atoms with Gasteiger partial charge in [0.05, 0.1) is 17.7 Å². The third-order valence-electron chi connectivity index (χ3n) is 3.83. The molecule has 2 atom stereocenters. The van der Waals surface area contributed by atoms with Gasteiger partial charge in [-0.1, -0.05) is 0 Å². The molecule has 2 aliphatic carbocycles. The summed E-state index contributed by atoms with van der Waals surface area (Å²) in [5, 5.41) is 22.2. The van der Waals surface area contributed by atoms with E-state index in [-0.39, 0.29) is 12.1 Å². The number of pyridine rings is 1. The minimum Gasteiger partial charge on any atom is -0.391 e. The molecule has 0 amide bonds. The summed E-state index contributed by atoms with van der Waals surface area (Å²) in [7, 11) is 0. The molecule has 18 heavy (non-hydrogen) atoms. The Bertz CT molecular complexity index is 490. The maximum atomic E-state index is 9.83. The highest BCUT2D eigenvalue weighted by Gasteiger charge is 2.28. The second-order valence-corrected chi connectivity index (χ2v) is 5.27. The molecule has 4 heteroatoms. The van der Waals surface area contributed by atoms with E-state index in [1.54, 1.807) is 0 Å². The monoisotopic (exact) mass is 243 g/mol. The number of nitrogens with one attached hydrogen (secondary N) is 1. The SMILES string of the molecule is N#Cc1ccc(C2CC2)nc1NC1CCCC1O. The maximum Gasteiger partial charge on any atom is 0.144 e. The van der Waals surface area contributed by atoms with Crippen LogP contribution in [0.1, 0.15) is 49.3 Å². The van der Waals surface area contributed by atoms with Crippen molar-refractivity contribution < 1.29 is 5.11 Å². The lowest BCUT2D eigenvalue weighted by molar-refractivity contribution is 0.171. The Morgan fingerprint density at radius 3 is 2.72 bits per heavy atom. The van der Waals surface area contributed by atoms with Crippen molar-refractivity contribution in [2.75, 3.05) is 5.32 Å². The van der Waals surface area contributed by atoms with Gasteiger partial charge in [-0.25, -0.2) is 4.98 Å². The first-order chi connectivity index (χ1) is 8.78. The maximum absolute atomic E-state index is 9.83. The van der Waals surface area contributed by atoms with Crippen molar-refractivity contribution in [2.24, 2.45) is 0 Å². The minimum absolute atomic E-state index is 0.0408. The number of aliphatic hydroxyl groups is 1. The van der Waals surface area contributed by atoms with Gasteiger partial charge in [0, 0.05) is 11.6 Å². The van der Waals surface area contributed by atoms with Crippen molar-refractivity contribution >= 4 is 5.82 Å². The van der Waals surface area contributed by atoms with E-state index in [1.807, 2.05) is 12.1 Å². The van der Waals surface area contributed by atoms with E-state index in [0.717, 1.165) is 25.0 Å². The van der Waals surface area contributed by atoms with Crippen LogP contribution in [0.2, 0.25) is 0 Å². The summed E-state index contributed by atoms with van der Waals surface area (Å²) in [5.41, 5.74) is 1.64.